The molecule has 0 aliphatic carbocycles. The summed E-state index contributed by atoms with van der Waals surface area (Å²) in [6, 6.07) is 6.87. The van der Waals surface area contributed by atoms with Crippen LogP contribution in [-0.2, 0) is 26.1 Å². The second-order valence-electron chi connectivity index (χ2n) is 5.13. The standard InChI is InChI=1S/C15H21NO4S2/c1-3-20-15(17)14-11-21-8-9-22(18,19)16(14)10-13-7-5-4-6-12(13)2/h4-7,14H,3,8-11H2,1-2H3. The average molecular weight is 343 g/mol. The minimum atomic E-state index is -3.48. The Morgan fingerprint density at radius 3 is 2.82 bits per heavy atom. The monoisotopic (exact) mass is 343 g/mol. The van der Waals surface area contributed by atoms with Gasteiger partial charge in [0.05, 0.1) is 12.4 Å². The summed E-state index contributed by atoms with van der Waals surface area (Å²) < 4.78 is 31.5. The summed E-state index contributed by atoms with van der Waals surface area (Å²) in [7, 11) is -3.48. The van der Waals surface area contributed by atoms with Crippen LogP contribution in [0.5, 0.6) is 0 Å². The van der Waals surface area contributed by atoms with Crippen molar-refractivity contribution in [3.05, 3.63) is 35.4 Å². The molecule has 1 atom stereocenters. The number of thioether (sulfide) groups is 1. The second-order valence-corrected chi connectivity index (χ2v) is 8.32. The Morgan fingerprint density at radius 2 is 2.14 bits per heavy atom. The summed E-state index contributed by atoms with van der Waals surface area (Å²) in [5.41, 5.74) is 1.92. The maximum atomic E-state index is 12.5. The lowest BCUT2D eigenvalue weighted by atomic mass is 10.1. The van der Waals surface area contributed by atoms with Crippen LogP contribution in [0, 0.1) is 6.92 Å². The maximum Gasteiger partial charge on any atom is 0.325 e. The molecule has 1 aromatic carbocycles. The van der Waals surface area contributed by atoms with Crippen molar-refractivity contribution in [1.29, 1.82) is 0 Å². The highest BCUT2D eigenvalue weighted by atomic mass is 32.2. The summed E-state index contributed by atoms with van der Waals surface area (Å²) in [5.74, 6) is 0.528. The van der Waals surface area contributed by atoms with E-state index in [0.717, 1.165) is 11.1 Å². The fourth-order valence-electron chi connectivity index (χ4n) is 2.34. The molecule has 0 spiro atoms. The molecule has 0 aromatic heterocycles. The molecule has 1 aliphatic heterocycles. The van der Waals surface area contributed by atoms with E-state index >= 15 is 0 Å². The fourth-order valence-corrected chi connectivity index (χ4v) is 5.57. The van der Waals surface area contributed by atoms with Crippen molar-refractivity contribution >= 4 is 27.8 Å². The normalized spacial score (nSPS) is 22.0. The number of aryl methyl sites for hydroxylation is 1. The number of hydrogen-bond donors (Lipinski definition) is 0. The van der Waals surface area contributed by atoms with Crippen LogP contribution in [0.4, 0.5) is 0 Å². The number of carbonyl (C=O) groups is 1. The van der Waals surface area contributed by atoms with Crippen LogP contribution >= 0.6 is 11.8 Å². The number of esters is 1. The van der Waals surface area contributed by atoms with E-state index in [1.54, 1.807) is 6.92 Å². The molecule has 5 nitrogen and oxygen atoms in total. The molecule has 1 unspecified atom stereocenters. The smallest absolute Gasteiger partial charge is 0.325 e. The zero-order valence-electron chi connectivity index (χ0n) is 12.8. The molecule has 1 saturated heterocycles. The third kappa shape index (κ3) is 4.02. The molecule has 7 heteroatoms. The van der Waals surface area contributed by atoms with Crippen molar-refractivity contribution in [2.24, 2.45) is 0 Å². The largest absolute Gasteiger partial charge is 0.465 e. The molecule has 22 heavy (non-hydrogen) atoms. The van der Waals surface area contributed by atoms with E-state index in [9.17, 15) is 13.2 Å². The molecule has 0 N–H and O–H groups in total. The van der Waals surface area contributed by atoms with Gasteiger partial charge in [-0.25, -0.2) is 8.42 Å². The number of carbonyl (C=O) groups excluding carboxylic acids is 1. The Bertz CT molecular complexity index is 630. The first kappa shape index (κ1) is 17.3. The number of nitrogens with zero attached hydrogens (tertiary/aromatic N) is 1. The number of sulfonamides is 1. The van der Waals surface area contributed by atoms with E-state index in [1.807, 2.05) is 31.2 Å². The molecule has 0 radical (unpaired) electrons. The highest BCUT2D eigenvalue weighted by Gasteiger charge is 2.37. The molecule has 1 heterocycles. The van der Waals surface area contributed by atoms with Crippen molar-refractivity contribution in [1.82, 2.24) is 4.31 Å². The van der Waals surface area contributed by atoms with Gasteiger partial charge < -0.3 is 4.74 Å². The van der Waals surface area contributed by atoms with E-state index in [0.29, 0.717) is 11.5 Å². The molecule has 2 rings (SSSR count). The van der Waals surface area contributed by atoms with Gasteiger partial charge in [-0.15, -0.1) is 0 Å². The summed E-state index contributed by atoms with van der Waals surface area (Å²) >= 11 is 1.48. The molecule has 0 saturated carbocycles. The SMILES string of the molecule is CCOC(=O)C1CSCCS(=O)(=O)N1Cc1ccccc1C. The predicted molar refractivity (Wildman–Crippen MR) is 88.3 cm³/mol. The van der Waals surface area contributed by atoms with Crippen LogP contribution in [0.15, 0.2) is 24.3 Å². The summed E-state index contributed by atoms with van der Waals surface area (Å²) in [6.45, 7) is 4.12. The van der Waals surface area contributed by atoms with Crippen LogP contribution in [0.3, 0.4) is 0 Å². The zero-order valence-corrected chi connectivity index (χ0v) is 14.5. The van der Waals surface area contributed by atoms with Crippen LogP contribution in [0.1, 0.15) is 18.1 Å². The molecule has 1 aliphatic rings. The lowest BCUT2D eigenvalue weighted by Crippen LogP contribution is -2.46. The van der Waals surface area contributed by atoms with Crippen molar-refractivity contribution in [2.45, 2.75) is 26.4 Å². The maximum absolute atomic E-state index is 12.5. The van der Waals surface area contributed by atoms with Crippen molar-refractivity contribution in [3.8, 4) is 0 Å². The van der Waals surface area contributed by atoms with Crippen molar-refractivity contribution < 1.29 is 17.9 Å². The van der Waals surface area contributed by atoms with Gasteiger partial charge in [-0.2, -0.15) is 16.1 Å². The Kier molecular flexibility index (Phi) is 5.88. The first-order valence-electron chi connectivity index (χ1n) is 7.24. The Balaban J connectivity index is 2.34. The van der Waals surface area contributed by atoms with Gasteiger partial charge >= 0.3 is 5.97 Å². The van der Waals surface area contributed by atoms with Gasteiger partial charge in [0.2, 0.25) is 10.0 Å². The lowest BCUT2D eigenvalue weighted by molar-refractivity contribution is -0.147. The molecule has 0 bridgehead atoms. The van der Waals surface area contributed by atoms with Gasteiger partial charge in [-0.3, -0.25) is 4.79 Å². The third-order valence-electron chi connectivity index (χ3n) is 3.61. The number of rotatable bonds is 4. The molecular formula is C15H21NO4S2. The van der Waals surface area contributed by atoms with Crippen molar-refractivity contribution in [2.75, 3.05) is 23.9 Å². The van der Waals surface area contributed by atoms with Gasteiger partial charge in [-0.1, -0.05) is 24.3 Å². The van der Waals surface area contributed by atoms with Gasteiger partial charge in [-0.05, 0) is 25.0 Å². The lowest BCUT2D eigenvalue weighted by Gasteiger charge is -2.27. The van der Waals surface area contributed by atoms with E-state index in [4.69, 9.17) is 4.74 Å². The zero-order chi connectivity index (χ0) is 16.2. The van der Waals surface area contributed by atoms with Gasteiger partial charge in [0, 0.05) is 18.1 Å². The molecule has 1 aromatic rings. The minimum absolute atomic E-state index is 0.0550. The first-order valence-corrected chi connectivity index (χ1v) is 10.0. The van der Waals surface area contributed by atoms with Gasteiger partial charge in [0.15, 0.2) is 0 Å². The van der Waals surface area contributed by atoms with Gasteiger partial charge in [0.25, 0.3) is 0 Å². The quantitative estimate of drug-likeness (QED) is 0.780. The highest BCUT2D eigenvalue weighted by molar-refractivity contribution is 8.00. The Morgan fingerprint density at radius 1 is 1.41 bits per heavy atom. The fraction of sp³-hybridized carbons (Fsp3) is 0.533. The number of hydrogen-bond acceptors (Lipinski definition) is 5. The summed E-state index contributed by atoms with van der Waals surface area (Å²) in [5, 5.41) is 0. The minimum Gasteiger partial charge on any atom is -0.465 e. The topological polar surface area (TPSA) is 63.7 Å². The van der Waals surface area contributed by atoms with Crippen LogP contribution in [0.2, 0.25) is 0 Å². The highest BCUT2D eigenvalue weighted by Crippen LogP contribution is 2.24. The van der Waals surface area contributed by atoms with Crippen LogP contribution < -0.4 is 0 Å². The molecule has 122 valence electrons. The van der Waals surface area contributed by atoms with E-state index in [-0.39, 0.29) is 18.9 Å². The average Bonchev–Trinajstić information content (AvgIpc) is 2.61. The third-order valence-corrected chi connectivity index (χ3v) is 6.73. The predicted octanol–water partition coefficient (Wildman–Crippen LogP) is 1.81. The molecule has 1 fully saturated rings. The Labute approximate surface area is 136 Å². The van der Waals surface area contributed by atoms with Crippen LogP contribution in [-0.4, -0.2) is 48.6 Å². The number of ether oxygens (including phenoxy) is 1. The van der Waals surface area contributed by atoms with E-state index < -0.39 is 22.0 Å². The summed E-state index contributed by atoms with van der Waals surface area (Å²) in [6.07, 6.45) is 0. The van der Waals surface area contributed by atoms with E-state index in [2.05, 4.69) is 0 Å². The van der Waals surface area contributed by atoms with Gasteiger partial charge in [0.1, 0.15) is 6.04 Å². The second kappa shape index (κ2) is 7.48. The number of benzene rings is 1. The van der Waals surface area contributed by atoms with Crippen molar-refractivity contribution in [3.63, 3.8) is 0 Å². The summed E-state index contributed by atoms with van der Waals surface area (Å²) in [4.78, 5) is 12.2. The first-order chi connectivity index (χ1) is 10.5. The Hall–Kier alpha value is -1.05. The van der Waals surface area contributed by atoms with E-state index in [1.165, 1.54) is 16.1 Å². The van der Waals surface area contributed by atoms with Crippen LogP contribution in [0.25, 0.3) is 0 Å². The molecular weight excluding hydrogens is 322 g/mol. The molecule has 0 amide bonds.